The molecule has 24 heavy (non-hydrogen) atoms. The van der Waals surface area contributed by atoms with Gasteiger partial charge in [-0.2, -0.15) is 0 Å². The van der Waals surface area contributed by atoms with Crippen LogP contribution in [-0.4, -0.2) is 35.3 Å². The molecule has 2 fully saturated rings. The second-order valence-corrected chi connectivity index (χ2v) is 7.51. The Bertz CT molecular complexity index is 596. The molecule has 1 aromatic carbocycles. The fourth-order valence-corrected chi connectivity index (χ4v) is 3.50. The van der Waals surface area contributed by atoms with Gasteiger partial charge in [-0.25, -0.2) is 0 Å². The summed E-state index contributed by atoms with van der Waals surface area (Å²) in [5.41, 5.74) is 1.14. The van der Waals surface area contributed by atoms with E-state index in [9.17, 15) is 9.59 Å². The normalized spacial score (nSPS) is 19.2. The first-order valence-corrected chi connectivity index (χ1v) is 9.27. The topological polar surface area (TPSA) is 49.4 Å². The van der Waals surface area contributed by atoms with Crippen molar-refractivity contribution in [2.75, 3.05) is 13.1 Å². The number of hydrogen-bond acceptors (Lipinski definition) is 2. The lowest BCUT2D eigenvalue weighted by molar-refractivity contribution is -0.133. The zero-order valence-electron chi connectivity index (χ0n) is 14.0. The number of amides is 2. The maximum absolute atomic E-state index is 12.2. The third kappa shape index (κ3) is 4.73. The van der Waals surface area contributed by atoms with Crippen LogP contribution in [0, 0.1) is 0 Å². The first-order chi connectivity index (χ1) is 11.6. The minimum atomic E-state index is -0.0636. The zero-order valence-corrected chi connectivity index (χ0v) is 14.8. The van der Waals surface area contributed by atoms with Crippen LogP contribution in [0.2, 0.25) is 5.02 Å². The number of hydrogen-bond donors (Lipinski definition) is 1. The fraction of sp³-hybridized carbons (Fsp3) is 0.579. The number of nitrogens with one attached hydrogen (secondary N) is 1. The molecule has 130 valence electrons. The minimum absolute atomic E-state index is 0.0636. The average molecular weight is 349 g/mol. The minimum Gasteiger partial charge on any atom is -0.350 e. The van der Waals surface area contributed by atoms with Crippen LogP contribution < -0.4 is 5.32 Å². The Morgan fingerprint density at radius 3 is 2.62 bits per heavy atom. The molecule has 1 heterocycles. The molecule has 1 saturated heterocycles. The van der Waals surface area contributed by atoms with Crippen LogP contribution in [0.15, 0.2) is 24.3 Å². The second-order valence-electron chi connectivity index (χ2n) is 7.07. The molecule has 0 atom stereocenters. The lowest BCUT2D eigenvalue weighted by atomic mass is 10.0. The standard InChI is InChI=1S/C19H25ClN2O2/c20-16-8-6-15(7-9-16)14-19(10-11-19)21-17(23)4-3-13-22-12-2-1-5-18(22)24/h6-9H,1-5,10-14H2,(H,21,23). The van der Waals surface area contributed by atoms with Crippen LogP contribution in [0.1, 0.15) is 50.5 Å². The van der Waals surface area contributed by atoms with Gasteiger partial charge >= 0.3 is 0 Å². The predicted molar refractivity (Wildman–Crippen MR) is 94.9 cm³/mol. The molecule has 0 unspecified atom stereocenters. The quantitative estimate of drug-likeness (QED) is 0.821. The number of halogens is 1. The summed E-state index contributed by atoms with van der Waals surface area (Å²) >= 11 is 5.92. The van der Waals surface area contributed by atoms with E-state index in [0.29, 0.717) is 19.4 Å². The smallest absolute Gasteiger partial charge is 0.222 e. The van der Waals surface area contributed by atoms with Gasteiger partial charge in [0.1, 0.15) is 0 Å². The molecule has 1 N–H and O–H groups in total. The van der Waals surface area contributed by atoms with E-state index in [1.807, 2.05) is 29.2 Å². The van der Waals surface area contributed by atoms with Crippen molar-refractivity contribution >= 4 is 23.4 Å². The van der Waals surface area contributed by atoms with E-state index in [1.165, 1.54) is 5.56 Å². The summed E-state index contributed by atoms with van der Waals surface area (Å²) in [5.74, 6) is 0.342. The maximum atomic E-state index is 12.2. The maximum Gasteiger partial charge on any atom is 0.222 e. The summed E-state index contributed by atoms with van der Waals surface area (Å²) in [6.07, 6.45) is 6.92. The van der Waals surface area contributed by atoms with E-state index in [1.54, 1.807) is 0 Å². The molecule has 2 aliphatic rings. The molecule has 1 saturated carbocycles. The zero-order chi connectivity index (χ0) is 17.0. The monoisotopic (exact) mass is 348 g/mol. The number of benzene rings is 1. The average Bonchev–Trinajstić information content (AvgIpc) is 3.30. The lowest BCUT2D eigenvalue weighted by Crippen LogP contribution is -2.39. The number of likely N-dealkylation sites (tertiary alicyclic amines) is 1. The molecule has 3 rings (SSSR count). The van der Waals surface area contributed by atoms with Gasteiger partial charge in [0.15, 0.2) is 0 Å². The van der Waals surface area contributed by atoms with Crippen molar-refractivity contribution in [2.24, 2.45) is 0 Å². The second kappa shape index (κ2) is 7.56. The van der Waals surface area contributed by atoms with E-state index in [4.69, 9.17) is 11.6 Å². The Hall–Kier alpha value is -1.55. The molecular weight excluding hydrogens is 324 g/mol. The molecule has 0 spiro atoms. The molecule has 2 amide bonds. The van der Waals surface area contributed by atoms with Crippen LogP contribution in [0.5, 0.6) is 0 Å². The van der Waals surface area contributed by atoms with Gasteiger partial charge in [-0.15, -0.1) is 0 Å². The van der Waals surface area contributed by atoms with Gasteiger partial charge in [0, 0.05) is 36.5 Å². The Morgan fingerprint density at radius 2 is 1.96 bits per heavy atom. The van der Waals surface area contributed by atoms with Crippen LogP contribution >= 0.6 is 11.6 Å². The van der Waals surface area contributed by atoms with E-state index in [2.05, 4.69) is 5.32 Å². The van der Waals surface area contributed by atoms with Crippen LogP contribution in [0.3, 0.4) is 0 Å². The first-order valence-electron chi connectivity index (χ1n) is 8.90. The highest BCUT2D eigenvalue weighted by molar-refractivity contribution is 6.30. The summed E-state index contributed by atoms with van der Waals surface area (Å²) in [5, 5.41) is 3.94. The molecule has 1 aromatic rings. The third-order valence-electron chi connectivity index (χ3n) is 4.97. The van der Waals surface area contributed by atoms with E-state index in [0.717, 1.165) is 50.1 Å². The molecule has 1 aliphatic carbocycles. The van der Waals surface area contributed by atoms with Crippen molar-refractivity contribution in [2.45, 2.75) is 56.9 Å². The van der Waals surface area contributed by atoms with Crippen LogP contribution in [-0.2, 0) is 16.0 Å². The summed E-state index contributed by atoms with van der Waals surface area (Å²) < 4.78 is 0. The number of piperidine rings is 1. The van der Waals surface area contributed by atoms with Gasteiger partial charge in [-0.05, 0) is 56.2 Å². The molecular formula is C19H25ClN2O2. The third-order valence-corrected chi connectivity index (χ3v) is 5.22. The van der Waals surface area contributed by atoms with Crippen molar-refractivity contribution in [1.82, 2.24) is 10.2 Å². The van der Waals surface area contributed by atoms with Gasteiger partial charge in [-0.1, -0.05) is 23.7 Å². The highest BCUT2D eigenvalue weighted by atomic mass is 35.5. The Kier molecular flexibility index (Phi) is 5.44. The largest absolute Gasteiger partial charge is 0.350 e. The van der Waals surface area contributed by atoms with Gasteiger partial charge in [0.25, 0.3) is 0 Å². The SMILES string of the molecule is O=C(CCCN1CCCCC1=O)NC1(Cc2ccc(Cl)cc2)CC1. The molecule has 4 nitrogen and oxygen atoms in total. The summed E-state index contributed by atoms with van der Waals surface area (Å²) in [4.78, 5) is 25.9. The van der Waals surface area contributed by atoms with E-state index < -0.39 is 0 Å². The molecule has 0 aromatic heterocycles. The van der Waals surface area contributed by atoms with Gasteiger partial charge in [-0.3, -0.25) is 9.59 Å². The number of carbonyl (C=O) groups excluding carboxylic acids is 2. The van der Waals surface area contributed by atoms with Crippen molar-refractivity contribution in [3.05, 3.63) is 34.9 Å². The predicted octanol–water partition coefficient (Wildman–Crippen LogP) is 3.32. The molecule has 5 heteroatoms. The van der Waals surface area contributed by atoms with Crippen molar-refractivity contribution in [1.29, 1.82) is 0 Å². The van der Waals surface area contributed by atoms with E-state index in [-0.39, 0.29) is 17.4 Å². The van der Waals surface area contributed by atoms with Crippen molar-refractivity contribution in [3.63, 3.8) is 0 Å². The van der Waals surface area contributed by atoms with E-state index >= 15 is 0 Å². The summed E-state index contributed by atoms with van der Waals surface area (Å²) in [6.45, 7) is 1.55. The van der Waals surface area contributed by atoms with Crippen molar-refractivity contribution < 1.29 is 9.59 Å². The first kappa shape index (κ1) is 17.3. The van der Waals surface area contributed by atoms with Gasteiger partial charge in [0.2, 0.25) is 11.8 Å². The Balaban J connectivity index is 1.41. The molecule has 1 aliphatic heterocycles. The van der Waals surface area contributed by atoms with Crippen LogP contribution in [0.4, 0.5) is 0 Å². The molecule has 0 radical (unpaired) electrons. The Morgan fingerprint density at radius 1 is 1.21 bits per heavy atom. The highest BCUT2D eigenvalue weighted by Crippen LogP contribution is 2.38. The molecule has 0 bridgehead atoms. The number of rotatable bonds is 7. The fourth-order valence-electron chi connectivity index (χ4n) is 3.38. The van der Waals surface area contributed by atoms with Crippen LogP contribution in [0.25, 0.3) is 0 Å². The Labute approximate surface area is 148 Å². The number of nitrogens with zero attached hydrogens (tertiary/aromatic N) is 1. The van der Waals surface area contributed by atoms with Crippen molar-refractivity contribution in [3.8, 4) is 0 Å². The highest BCUT2D eigenvalue weighted by Gasteiger charge is 2.43. The lowest BCUT2D eigenvalue weighted by Gasteiger charge is -2.26. The van der Waals surface area contributed by atoms with Gasteiger partial charge < -0.3 is 10.2 Å². The summed E-state index contributed by atoms with van der Waals surface area (Å²) in [6, 6.07) is 7.84. The van der Waals surface area contributed by atoms with Gasteiger partial charge in [0.05, 0.1) is 0 Å². The summed E-state index contributed by atoms with van der Waals surface area (Å²) in [7, 11) is 0. The number of carbonyl (C=O) groups is 2.